The van der Waals surface area contributed by atoms with E-state index in [9.17, 15) is 19.5 Å². The number of benzene rings is 2. The standard InChI is InChI=1S/C27H32N4O5/c1-27(2,3)36-26(35)31(18-23(32)21-8-5-4-6-9-21)17-14-20-10-12-22(13-11-20)29-24(33)19-30-16-7-15-28-25(30)34/h4-13,15-16,23,32H,14,17-19H2,1-3H3,(H,29,33)/t23-/m0/s1. The summed E-state index contributed by atoms with van der Waals surface area (Å²) >= 11 is 0. The molecule has 3 aromatic rings. The molecule has 0 aliphatic carbocycles. The van der Waals surface area contributed by atoms with E-state index in [0.29, 0.717) is 18.7 Å². The van der Waals surface area contributed by atoms with Crippen molar-refractivity contribution in [1.29, 1.82) is 0 Å². The molecule has 0 radical (unpaired) electrons. The van der Waals surface area contributed by atoms with Crippen LogP contribution in [0.3, 0.4) is 0 Å². The molecule has 0 aliphatic rings. The van der Waals surface area contributed by atoms with Gasteiger partial charge in [-0.25, -0.2) is 14.6 Å². The second-order valence-electron chi connectivity index (χ2n) is 9.38. The second kappa shape index (κ2) is 12.1. The smallest absolute Gasteiger partial charge is 0.410 e. The Morgan fingerprint density at radius 2 is 1.78 bits per heavy atom. The maximum atomic E-state index is 12.8. The molecule has 1 atom stereocenters. The number of aromatic nitrogens is 2. The van der Waals surface area contributed by atoms with Crippen molar-refractivity contribution in [2.24, 2.45) is 0 Å². The molecule has 0 spiro atoms. The van der Waals surface area contributed by atoms with Crippen molar-refractivity contribution >= 4 is 17.7 Å². The minimum atomic E-state index is -0.844. The molecule has 1 heterocycles. The summed E-state index contributed by atoms with van der Waals surface area (Å²) in [5.74, 6) is -0.344. The number of rotatable bonds is 9. The number of hydrogen-bond donors (Lipinski definition) is 2. The van der Waals surface area contributed by atoms with Gasteiger partial charge in [-0.15, -0.1) is 0 Å². The molecule has 9 nitrogen and oxygen atoms in total. The Labute approximate surface area is 210 Å². The first-order valence-electron chi connectivity index (χ1n) is 11.7. The van der Waals surface area contributed by atoms with E-state index in [4.69, 9.17) is 4.74 Å². The summed E-state index contributed by atoms with van der Waals surface area (Å²) < 4.78 is 6.77. The normalized spacial score (nSPS) is 12.0. The minimum absolute atomic E-state index is 0.0980. The highest BCUT2D eigenvalue weighted by Gasteiger charge is 2.24. The van der Waals surface area contributed by atoms with Gasteiger partial charge in [0.15, 0.2) is 0 Å². The lowest BCUT2D eigenvalue weighted by Crippen LogP contribution is -2.40. The van der Waals surface area contributed by atoms with Crippen LogP contribution in [0.2, 0.25) is 0 Å². The van der Waals surface area contributed by atoms with Crippen molar-refractivity contribution in [2.75, 3.05) is 18.4 Å². The number of carbonyl (C=O) groups excluding carboxylic acids is 2. The predicted molar refractivity (Wildman–Crippen MR) is 136 cm³/mol. The highest BCUT2D eigenvalue weighted by molar-refractivity contribution is 5.90. The van der Waals surface area contributed by atoms with Crippen molar-refractivity contribution < 1.29 is 19.4 Å². The summed E-state index contributed by atoms with van der Waals surface area (Å²) in [4.78, 5) is 41.9. The molecule has 2 N–H and O–H groups in total. The van der Waals surface area contributed by atoms with E-state index in [1.54, 1.807) is 39.0 Å². The van der Waals surface area contributed by atoms with Gasteiger partial charge in [0.2, 0.25) is 5.91 Å². The van der Waals surface area contributed by atoms with Crippen LogP contribution in [0.5, 0.6) is 0 Å². The van der Waals surface area contributed by atoms with Gasteiger partial charge in [0.1, 0.15) is 12.1 Å². The zero-order chi connectivity index (χ0) is 26.1. The summed E-state index contributed by atoms with van der Waals surface area (Å²) in [6.45, 7) is 5.70. The minimum Gasteiger partial charge on any atom is -0.444 e. The van der Waals surface area contributed by atoms with Crippen molar-refractivity contribution in [1.82, 2.24) is 14.5 Å². The monoisotopic (exact) mass is 492 g/mol. The van der Waals surface area contributed by atoms with Crippen molar-refractivity contribution in [3.05, 3.63) is 94.7 Å². The summed E-state index contributed by atoms with van der Waals surface area (Å²) in [5, 5.41) is 13.4. The quantitative estimate of drug-likeness (QED) is 0.473. The van der Waals surface area contributed by atoms with Gasteiger partial charge in [0.05, 0.1) is 12.6 Å². The lowest BCUT2D eigenvalue weighted by Gasteiger charge is -2.29. The van der Waals surface area contributed by atoms with E-state index in [0.717, 1.165) is 11.1 Å². The van der Waals surface area contributed by atoms with Crippen LogP contribution in [0.15, 0.2) is 77.9 Å². The molecule has 9 heteroatoms. The van der Waals surface area contributed by atoms with Gasteiger partial charge in [-0.2, -0.15) is 0 Å². The van der Waals surface area contributed by atoms with Crippen molar-refractivity contribution in [3.63, 3.8) is 0 Å². The summed E-state index contributed by atoms with van der Waals surface area (Å²) in [7, 11) is 0. The number of ether oxygens (including phenoxy) is 1. The van der Waals surface area contributed by atoms with E-state index in [2.05, 4.69) is 10.3 Å². The lowest BCUT2D eigenvalue weighted by molar-refractivity contribution is -0.116. The number of aliphatic hydroxyl groups is 1. The second-order valence-corrected chi connectivity index (χ2v) is 9.38. The number of aliphatic hydroxyl groups excluding tert-OH is 1. The van der Waals surface area contributed by atoms with Gasteiger partial charge in [-0.1, -0.05) is 42.5 Å². The highest BCUT2D eigenvalue weighted by Crippen LogP contribution is 2.18. The average molecular weight is 493 g/mol. The first-order chi connectivity index (χ1) is 17.1. The number of amides is 2. The Bertz CT molecular complexity index is 1200. The molecule has 0 saturated carbocycles. The van der Waals surface area contributed by atoms with Crippen molar-refractivity contribution in [2.45, 2.75) is 45.4 Å². The van der Waals surface area contributed by atoms with Gasteiger partial charge in [0.25, 0.3) is 0 Å². The number of hydrogen-bond acceptors (Lipinski definition) is 6. The van der Waals surface area contributed by atoms with E-state index in [1.807, 2.05) is 42.5 Å². The molecule has 0 bridgehead atoms. The molecule has 2 aromatic carbocycles. The van der Waals surface area contributed by atoms with E-state index >= 15 is 0 Å². The number of nitrogens with zero attached hydrogens (tertiary/aromatic N) is 3. The topological polar surface area (TPSA) is 114 Å². The lowest BCUT2D eigenvalue weighted by atomic mass is 10.1. The number of carbonyl (C=O) groups is 2. The molecule has 190 valence electrons. The molecule has 3 rings (SSSR count). The van der Waals surface area contributed by atoms with E-state index in [-0.39, 0.29) is 19.0 Å². The third-order valence-corrected chi connectivity index (χ3v) is 5.23. The summed E-state index contributed by atoms with van der Waals surface area (Å²) in [6, 6.07) is 18.0. The highest BCUT2D eigenvalue weighted by atomic mass is 16.6. The fourth-order valence-corrected chi connectivity index (χ4v) is 3.45. The molecule has 0 saturated heterocycles. The Hall–Kier alpha value is -3.98. The Balaban J connectivity index is 1.60. The Kier molecular flexibility index (Phi) is 8.97. The molecule has 2 amide bonds. The molecule has 1 aromatic heterocycles. The van der Waals surface area contributed by atoms with Crippen molar-refractivity contribution in [3.8, 4) is 0 Å². The van der Waals surface area contributed by atoms with Gasteiger partial charge < -0.3 is 20.1 Å². The Morgan fingerprint density at radius 1 is 1.08 bits per heavy atom. The zero-order valence-corrected chi connectivity index (χ0v) is 20.8. The fourth-order valence-electron chi connectivity index (χ4n) is 3.45. The molecular formula is C27H32N4O5. The fraction of sp³-hybridized carbons (Fsp3) is 0.333. The first kappa shape index (κ1) is 26.6. The first-order valence-corrected chi connectivity index (χ1v) is 11.7. The van der Waals surface area contributed by atoms with Gasteiger partial charge >= 0.3 is 11.8 Å². The SMILES string of the molecule is CC(C)(C)OC(=O)N(CCc1ccc(NC(=O)Cn2cccnc2=O)cc1)C[C@H](O)c1ccccc1. The van der Waals surface area contributed by atoms with E-state index in [1.165, 1.54) is 21.9 Å². The van der Waals surface area contributed by atoms with Crippen LogP contribution in [0, 0.1) is 0 Å². The predicted octanol–water partition coefficient (Wildman–Crippen LogP) is 3.40. The zero-order valence-electron chi connectivity index (χ0n) is 20.8. The maximum Gasteiger partial charge on any atom is 0.410 e. The maximum absolute atomic E-state index is 12.8. The van der Waals surface area contributed by atoms with Crippen LogP contribution in [-0.2, 0) is 22.5 Å². The molecular weight excluding hydrogens is 460 g/mol. The third kappa shape index (κ3) is 8.35. The summed E-state index contributed by atoms with van der Waals surface area (Å²) in [6.07, 6.45) is 2.07. The van der Waals surface area contributed by atoms with Crippen LogP contribution in [0.4, 0.5) is 10.5 Å². The Morgan fingerprint density at radius 3 is 2.42 bits per heavy atom. The van der Waals surface area contributed by atoms with Crippen LogP contribution < -0.4 is 11.0 Å². The number of anilines is 1. The van der Waals surface area contributed by atoms with Gasteiger partial charge in [-0.3, -0.25) is 9.36 Å². The molecule has 0 unspecified atom stereocenters. The van der Waals surface area contributed by atoms with Crippen LogP contribution >= 0.6 is 0 Å². The van der Waals surface area contributed by atoms with E-state index < -0.39 is 23.5 Å². The van der Waals surface area contributed by atoms with Crippen LogP contribution in [0.25, 0.3) is 0 Å². The molecule has 36 heavy (non-hydrogen) atoms. The number of nitrogens with one attached hydrogen (secondary N) is 1. The summed E-state index contributed by atoms with van der Waals surface area (Å²) in [5.41, 5.74) is 1.10. The van der Waals surface area contributed by atoms with Gasteiger partial charge in [-0.05, 0) is 56.5 Å². The van der Waals surface area contributed by atoms with Crippen LogP contribution in [-0.4, -0.2) is 50.2 Å². The van der Waals surface area contributed by atoms with Gasteiger partial charge in [0, 0.05) is 24.6 Å². The third-order valence-electron chi connectivity index (χ3n) is 5.23. The largest absolute Gasteiger partial charge is 0.444 e. The molecule has 0 aliphatic heterocycles. The molecule has 0 fully saturated rings. The average Bonchev–Trinajstić information content (AvgIpc) is 2.83. The van der Waals surface area contributed by atoms with Crippen LogP contribution in [0.1, 0.15) is 38.0 Å².